The van der Waals surface area contributed by atoms with Gasteiger partial charge in [0.25, 0.3) is 0 Å². The lowest BCUT2D eigenvalue weighted by atomic mass is 10.1. The summed E-state index contributed by atoms with van der Waals surface area (Å²) in [4.78, 5) is 13.1. The maximum atomic E-state index is 4.61. The number of aromatic nitrogens is 6. The maximum Gasteiger partial charge on any atom is 0.128 e. The minimum Gasteiger partial charge on any atom is -0.352 e. The summed E-state index contributed by atoms with van der Waals surface area (Å²) in [5, 5.41) is 12.5. The molecular weight excluding hydrogens is 660 g/mol. The van der Waals surface area contributed by atoms with Gasteiger partial charge in [0.05, 0.1) is 11.4 Å². The highest BCUT2D eigenvalue weighted by Crippen LogP contribution is 2.25. The number of aryl methyl sites for hydroxylation is 4. The molecule has 0 unspecified atom stereocenters. The van der Waals surface area contributed by atoms with Gasteiger partial charge < -0.3 is 10.2 Å². The van der Waals surface area contributed by atoms with E-state index in [0.29, 0.717) is 12.1 Å². The van der Waals surface area contributed by atoms with Crippen molar-refractivity contribution >= 4 is 38.6 Å². The van der Waals surface area contributed by atoms with E-state index in [0.717, 1.165) is 74.8 Å². The molecule has 48 heavy (non-hydrogen) atoms. The number of fused-ring (bicyclic) bond motifs is 2. The summed E-state index contributed by atoms with van der Waals surface area (Å²) >= 11 is 3.20. The third-order valence-electron chi connectivity index (χ3n) is 8.44. The minimum atomic E-state index is 0. The molecule has 2 aliphatic rings. The molecule has 0 aliphatic carbocycles. The van der Waals surface area contributed by atoms with Crippen molar-refractivity contribution in [2.24, 2.45) is 0 Å². The lowest BCUT2D eigenvalue weighted by molar-refractivity contribution is 0.185. The molecule has 0 amide bonds. The highest BCUT2D eigenvalue weighted by molar-refractivity contribution is 9.10. The van der Waals surface area contributed by atoms with E-state index in [-0.39, 0.29) is 19.7 Å². The topological polar surface area (TPSA) is 79.9 Å². The van der Waals surface area contributed by atoms with Crippen LogP contribution in [0.1, 0.15) is 85.2 Å². The quantitative estimate of drug-likeness (QED) is 0.175. The average Bonchev–Trinajstić information content (AvgIpc) is 3.57. The summed E-state index contributed by atoms with van der Waals surface area (Å²) in [5.74, 6) is 1.06. The third kappa shape index (κ3) is 12.2. The molecule has 0 aromatic carbocycles. The fraction of sp³-hybridized carbons (Fsp3) is 0.556. The Morgan fingerprint density at radius 3 is 1.81 bits per heavy atom. The van der Waals surface area contributed by atoms with Gasteiger partial charge in [-0.1, -0.05) is 19.1 Å². The zero-order valence-electron chi connectivity index (χ0n) is 30.7. The number of rotatable bonds is 6. The molecule has 0 bridgehead atoms. The molecule has 4 aromatic rings. The van der Waals surface area contributed by atoms with Crippen molar-refractivity contribution in [1.82, 2.24) is 39.7 Å². The summed E-state index contributed by atoms with van der Waals surface area (Å²) in [6, 6.07) is 13.1. The zero-order valence-corrected chi connectivity index (χ0v) is 32.3. The summed E-state index contributed by atoms with van der Waals surface area (Å²) in [7, 11) is 0. The fourth-order valence-corrected chi connectivity index (χ4v) is 6.46. The molecule has 12 heteroatoms. The molecule has 6 radical (unpaired) electrons. The second-order valence-electron chi connectivity index (χ2n) is 12.1. The fourth-order valence-electron chi connectivity index (χ4n) is 6.19. The Bertz CT molecular complexity index is 1450. The van der Waals surface area contributed by atoms with Crippen LogP contribution in [0.2, 0.25) is 0 Å². The van der Waals surface area contributed by atoms with Crippen LogP contribution in [0.3, 0.4) is 0 Å². The number of hydrogen-bond acceptors (Lipinski definition) is 7. The van der Waals surface area contributed by atoms with E-state index in [1.54, 1.807) is 6.20 Å². The van der Waals surface area contributed by atoms with E-state index in [9.17, 15) is 0 Å². The number of halogens is 1. The Kier molecular flexibility index (Phi) is 19.7. The molecule has 0 atom stereocenters. The molecule has 1 N–H and O–H groups in total. The Morgan fingerprint density at radius 2 is 1.38 bits per heavy atom. The van der Waals surface area contributed by atoms with Crippen LogP contribution in [0.5, 0.6) is 0 Å². The molecule has 0 saturated heterocycles. The molecule has 0 fully saturated rings. The summed E-state index contributed by atoms with van der Waals surface area (Å²) in [6.07, 6.45) is 5.78. The van der Waals surface area contributed by atoms with Crippen LogP contribution >= 0.6 is 15.9 Å². The first-order valence-electron chi connectivity index (χ1n) is 16.9. The lowest BCUT2D eigenvalue weighted by Crippen LogP contribution is -2.36. The number of nitrogens with one attached hydrogen (secondary N) is 1. The summed E-state index contributed by atoms with van der Waals surface area (Å²) < 4.78 is 5.15. The van der Waals surface area contributed by atoms with Crippen molar-refractivity contribution < 1.29 is 2.85 Å². The van der Waals surface area contributed by atoms with Gasteiger partial charge in [0.2, 0.25) is 0 Å². The standard InChI is InChI=1S/C14H18N4.C9H15N3.C8H19N.C5H4BrN.2B.2H2/c1-3-18-13-7-9-17(10-12(13)11(2)16-18)14-6-4-5-8-15-14;1-3-12-9-4-5-10-6-8(9)7(2)11-12;1-6-9(7(2)3)8(4)5;6-5-3-1-2-4-7-5;;;;/h4-6,8H,3,7,9-10H2,1-2H3;10H,3-6H2,1-2H3;7-8H,6H2,1-5H3;1-4H;;;2*1H/i;;;;;;2*1+1. The summed E-state index contributed by atoms with van der Waals surface area (Å²) in [5.41, 5.74) is 8.00. The zero-order chi connectivity index (χ0) is 33.6. The second-order valence-corrected chi connectivity index (χ2v) is 12.9. The molecule has 0 spiro atoms. The molecule has 9 nitrogen and oxygen atoms in total. The largest absolute Gasteiger partial charge is 0.352 e. The van der Waals surface area contributed by atoms with Gasteiger partial charge in [-0.2, -0.15) is 10.2 Å². The van der Waals surface area contributed by atoms with Crippen LogP contribution < -0.4 is 10.2 Å². The highest BCUT2D eigenvalue weighted by atomic mass is 79.9. The van der Waals surface area contributed by atoms with E-state index in [1.165, 1.54) is 28.2 Å². The third-order valence-corrected chi connectivity index (χ3v) is 8.90. The van der Waals surface area contributed by atoms with Crippen molar-refractivity contribution in [3.8, 4) is 0 Å². The van der Waals surface area contributed by atoms with Crippen LogP contribution in [0, 0.1) is 13.8 Å². The Labute approximate surface area is 305 Å². The number of hydrogen-bond donors (Lipinski definition) is 1. The van der Waals surface area contributed by atoms with Gasteiger partial charge in [-0.15, -0.1) is 0 Å². The van der Waals surface area contributed by atoms with Crippen molar-refractivity contribution in [2.45, 2.75) is 113 Å². The Balaban J connectivity index is 0. The SMILES string of the molecule is Brc1ccccn1.CCN(C(C)C)C(C)C.CCn1nc(C)c2c1CCN(c1ccccn1)C2.CCn1nc(C)c2c1CCNC2.[2HH].[2HH].[B].[B]. The van der Waals surface area contributed by atoms with E-state index < -0.39 is 0 Å². The first kappa shape index (κ1) is 43.1. The highest BCUT2D eigenvalue weighted by Gasteiger charge is 2.23. The molecule has 0 saturated carbocycles. The molecule has 2 aliphatic heterocycles. The number of nitrogens with zero attached hydrogens (tertiary/aromatic N) is 8. The van der Waals surface area contributed by atoms with E-state index >= 15 is 0 Å². The molecule has 262 valence electrons. The first-order chi connectivity index (χ1) is 22.1. The average molecular weight is 722 g/mol. The summed E-state index contributed by atoms with van der Waals surface area (Å²) in [6.45, 7) is 26.8. The second kappa shape index (κ2) is 21.9. The van der Waals surface area contributed by atoms with Gasteiger partial charge in [0.15, 0.2) is 0 Å². The van der Waals surface area contributed by atoms with Crippen molar-refractivity contribution in [2.75, 3.05) is 24.5 Å². The van der Waals surface area contributed by atoms with Crippen molar-refractivity contribution in [1.29, 1.82) is 0 Å². The smallest absolute Gasteiger partial charge is 0.128 e. The van der Waals surface area contributed by atoms with Gasteiger partial charge in [0, 0.05) is 119 Å². The van der Waals surface area contributed by atoms with Crippen molar-refractivity contribution in [3.05, 3.63) is 87.3 Å². The van der Waals surface area contributed by atoms with Gasteiger partial charge in [0.1, 0.15) is 10.4 Å². The van der Waals surface area contributed by atoms with Crippen LogP contribution in [-0.4, -0.2) is 83.0 Å². The van der Waals surface area contributed by atoms with Gasteiger partial charge >= 0.3 is 0 Å². The van der Waals surface area contributed by atoms with Gasteiger partial charge in [-0.05, 0) is 102 Å². The minimum absolute atomic E-state index is 0. The maximum absolute atomic E-state index is 4.61. The van der Waals surface area contributed by atoms with Gasteiger partial charge in [-0.3, -0.25) is 14.3 Å². The van der Waals surface area contributed by atoms with Gasteiger partial charge in [-0.25, -0.2) is 9.97 Å². The number of anilines is 1. The van der Waals surface area contributed by atoms with Crippen LogP contribution in [0.25, 0.3) is 0 Å². The Morgan fingerprint density at radius 1 is 0.812 bits per heavy atom. The van der Waals surface area contributed by atoms with Crippen LogP contribution in [0.4, 0.5) is 5.82 Å². The first-order valence-corrected chi connectivity index (χ1v) is 17.7. The predicted molar refractivity (Wildman–Crippen MR) is 210 cm³/mol. The molecule has 6 rings (SSSR count). The van der Waals surface area contributed by atoms with E-state index in [1.807, 2.05) is 36.5 Å². The van der Waals surface area contributed by atoms with Crippen LogP contribution in [-0.2, 0) is 39.0 Å². The van der Waals surface area contributed by atoms with Crippen molar-refractivity contribution in [3.63, 3.8) is 0 Å². The molecule has 6 heterocycles. The number of pyridine rings is 2. The molecular formula is C36H60B2BrN9. The van der Waals surface area contributed by atoms with E-state index in [2.05, 4.69) is 129 Å². The normalized spacial score (nSPS) is 13.1. The van der Waals surface area contributed by atoms with E-state index in [4.69, 9.17) is 0 Å². The monoisotopic (exact) mass is 721 g/mol. The lowest BCUT2D eigenvalue weighted by Gasteiger charge is -2.28. The predicted octanol–water partition coefficient (Wildman–Crippen LogP) is 6.73. The Hall–Kier alpha value is -2.95. The van der Waals surface area contributed by atoms with Crippen LogP contribution in [0.15, 0.2) is 53.4 Å². The molecule has 4 aromatic heterocycles.